The first-order chi connectivity index (χ1) is 8.21. The lowest BCUT2D eigenvalue weighted by atomic mass is 10.0. The Balaban J connectivity index is 2.37. The van der Waals surface area contributed by atoms with E-state index in [-0.39, 0.29) is 5.97 Å². The molecule has 1 aromatic heterocycles. The second-order valence-electron chi connectivity index (χ2n) is 4.20. The summed E-state index contributed by atoms with van der Waals surface area (Å²) < 4.78 is 4.64. The normalized spacial score (nSPS) is 10.8. The van der Waals surface area contributed by atoms with E-state index in [1.54, 1.807) is 6.07 Å². The molecule has 96 valence electrons. The van der Waals surface area contributed by atoms with E-state index in [4.69, 9.17) is 0 Å². The third-order valence-electron chi connectivity index (χ3n) is 3.05. The van der Waals surface area contributed by atoms with Gasteiger partial charge < -0.3 is 15.0 Å². The first-order valence-corrected chi connectivity index (χ1v) is 6.18. The lowest BCUT2D eigenvalue weighted by Crippen LogP contribution is -2.21. The fourth-order valence-electron chi connectivity index (χ4n) is 1.76. The first-order valence-electron chi connectivity index (χ1n) is 6.18. The molecule has 0 unspecified atom stereocenters. The fraction of sp³-hybridized carbons (Fsp3) is 0.615. The zero-order chi connectivity index (χ0) is 12.7. The Morgan fingerprint density at radius 2 is 2.12 bits per heavy atom. The smallest absolute Gasteiger partial charge is 0.354 e. The van der Waals surface area contributed by atoms with Crippen molar-refractivity contribution in [3.8, 4) is 0 Å². The highest BCUT2D eigenvalue weighted by Gasteiger charge is 2.08. The predicted octanol–water partition coefficient (Wildman–Crippen LogP) is 2.33. The maximum atomic E-state index is 11.2. The Bertz CT molecular complexity index is 343. The minimum atomic E-state index is -0.323. The SMILES string of the molecule is CCC(CC)CNCc1ccc(C(=O)OC)[nH]1. The van der Waals surface area contributed by atoms with Crippen LogP contribution in [0.3, 0.4) is 0 Å². The third-order valence-corrected chi connectivity index (χ3v) is 3.05. The molecule has 0 spiro atoms. The molecule has 4 nitrogen and oxygen atoms in total. The van der Waals surface area contributed by atoms with Crippen molar-refractivity contribution >= 4 is 5.97 Å². The molecule has 1 rings (SSSR count). The molecule has 0 aliphatic carbocycles. The highest BCUT2D eigenvalue weighted by atomic mass is 16.5. The van der Waals surface area contributed by atoms with E-state index < -0.39 is 0 Å². The molecule has 0 saturated carbocycles. The summed E-state index contributed by atoms with van der Waals surface area (Å²) in [7, 11) is 1.38. The van der Waals surface area contributed by atoms with Crippen molar-refractivity contribution < 1.29 is 9.53 Å². The highest BCUT2D eigenvalue weighted by molar-refractivity contribution is 5.87. The molecule has 0 aliphatic heterocycles. The molecular formula is C13H22N2O2. The van der Waals surface area contributed by atoms with E-state index in [1.807, 2.05) is 6.07 Å². The summed E-state index contributed by atoms with van der Waals surface area (Å²) in [6, 6.07) is 3.66. The van der Waals surface area contributed by atoms with Gasteiger partial charge in [-0.25, -0.2) is 4.79 Å². The number of hydrogen-bond acceptors (Lipinski definition) is 3. The quantitative estimate of drug-likeness (QED) is 0.717. The van der Waals surface area contributed by atoms with Gasteiger partial charge in [-0.2, -0.15) is 0 Å². The molecular weight excluding hydrogens is 216 g/mol. The van der Waals surface area contributed by atoms with Crippen molar-refractivity contribution in [2.24, 2.45) is 5.92 Å². The lowest BCUT2D eigenvalue weighted by molar-refractivity contribution is 0.0594. The zero-order valence-corrected chi connectivity index (χ0v) is 10.9. The number of aromatic nitrogens is 1. The molecule has 0 bridgehead atoms. The van der Waals surface area contributed by atoms with Gasteiger partial charge in [-0.15, -0.1) is 0 Å². The van der Waals surface area contributed by atoms with Gasteiger partial charge in [0.25, 0.3) is 0 Å². The monoisotopic (exact) mass is 238 g/mol. The van der Waals surface area contributed by atoms with Gasteiger partial charge in [0, 0.05) is 12.2 Å². The number of rotatable bonds is 7. The van der Waals surface area contributed by atoms with Gasteiger partial charge in [-0.3, -0.25) is 0 Å². The lowest BCUT2D eigenvalue weighted by Gasteiger charge is -2.12. The van der Waals surface area contributed by atoms with Crippen LogP contribution in [0, 0.1) is 5.92 Å². The molecule has 2 N–H and O–H groups in total. The van der Waals surface area contributed by atoms with E-state index in [0.717, 1.165) is 24.7 Å². The van der Waals surface area contributed by atoms with Crippen LogP contribution < -0.4 is 5.32 Å². The Kier molecular flexibility index (Phi) is 5.77. The van der Waals surface area contributed by atoms with E-state index in [1.165, 1.54) is 20.0 Å². The van der Waals surface area contributed by atoms with Gasteiger partial charge in [0.2, 0.25) is 0 Å². The predicted molar refractivity (Wildman–Crippen MR) is 67.9 cm³/mol. The van der Waals surface area contributed by atoms with Gasteiger partial charge in [0.1, 0.15) is 5.69 Å². The summed E-state index contributed by atoms with van der Waals surface area (Å²) in [5.41, 5.74) is 1.52. The maximum absolute atomic E-state index is 11.2. The van der Waals surface area contributed by atoms with Gasteiger partial charge in [0.15, 0.2) is 0 Å². The Hall–Kier alpha value is -1.29. The maximum Gasteiger partial charge on any atom is 0.354 e. The molecule has 0 atom stereocenters. The van der Waals surface area contributed by atoms with E-state index >= 15 is 0 Å². The second kappa shape index (κ2) is 7.12. The summed E-state index contributed by atoms with van der Waals surface area (Å²) in [5, 5.41) is 3.39. The molecule has 0 aliphatic rings. The summed E-state index contributed by atoms with van der Waals surface area (Å²) in [5.74, 6) is 0.404. The van der Waals surface area contributed by atoms with Gasteiger partial charge in [0.05, 0.1) is 7.11 Å². The van der Waals surface area contributed by atoms with Crippen molar-refractivity contribution in [1.82, 2.24) is 10.3 Å². The van der Waals surface area contributed by atoms with Crippen molar-refractivity contribution in [1.29, 1.82) is 0 Å². The zero-order valence-electron chi connectivity index (χ0n) is 10.9. The molecule has 0 aromatic carbocycles. The van der Waals surface area contributed by atoms with Crippen LogP contribution in [0.1, 0.15) is 42.9 Å². The van der Waals surface area contributed by atoms with Crippen LogP contribution in [0.4, 0.5) is 0 Å². The fourth-order valence-corrected chi connectivity index (χ4v) is 1.76. The van der Waals surface area contributed by atoms with Crippen LogP contribution >= 0.6 is 0 Å². The number of nitrogens with one attached hydrogen (secondary N) is 2. The Morgan fingerprint density at radius 3 is 2.71 bits per heavy atom. The minimum absolute atomic E-state index is 0.323. The van der Waals surface area contributed by atoms with Crippen LogP contribution in [0.15, 0.2) is 12.1 Å². The van der Waals surface area contributed by atoms with Crippen LogP contribution in [0.5, 0.6) is 0 Å². The van der Waals surface area contributed by atoms with E-state index in [0.29, 0.717) is 5.69 Å². The van der Waals surface area contributed by atoms with E-state index in [9.17, 15) is 4.79 Å². The molecule has 1 heterocycles. The van der Waals surface area contributed by atoms with E-state index in [2.05, 4.69) is 28.9 Å². The third kappa shape index (κ3) is 4.23. The highest BCUT2D eigenvalue weighted by Crippen LogP contribution is 2.07. The molecule has 0 amide bonds. The Labute approximate surface area is 103 Å². The Morgan fingerprint density at radius 1 is 1.41 bits per heavy atom. The van der Waals surface area contributed by atoms with Crippen molar-refractivity contribution in [3.63, 3.8) is 0 Å². The first kappa shape index (κ1) is 13.8. The molecule has 4 heteroatoms. The number of methoxy groups -OCH3 is 1. The topological polar surface area (TPSA) is 54.1 Å². The molecule has 0 fully saturated rings. The molecule has 1 aromatic rings. The van der Waals surface area contributed by atoms with Gasteiger partial charge in [-0.1, -0.05) is 26.7 Å². The molecule has 0 saturated heterocycles. The number of esters is 1. The van der Waals surface area contributed by atoms with Gasteiger partial charge >= 0.3 is 5.97 Å². The number of carbonyl (C=O) groups is 1. The van der Waals surface area contributed by atoms with Crippen molar-refractivity contribution in [3.05, 3.63) is 23.5 Å². The largest absolute Gasteiger partial charge is 0.464 e. The summed E-state index contributed by atoms with van der Waals surface area (Å²) >= 11 is 0. The van der Waals surface area contributed by atoms with Crippen LogP contribution in [0.2, 0.25) is 0 Å². The van der Waals surface area contributed by atoms with Crippen LogP contribution in [-0.4, -0.2) is 24.6 Å². The number of H-pyrrole nitrogens is 1. The number of carbonyl (C=O) groups excluding carboxylic acids is 1. The molecule has 17 heavy (non-hydrogen) atoms. The minimum Gasteiger partial charge on any atom is -0.464 e. The summed E-state index contributed by atoms with van der Waals surface area (Å²) in [6.07, 6.45) is 2.39. The summed E-state index contributed by atoms with van der Waals surface area (Å²) in [6.45, 7) is 6.19. The molecule has 0 radical (unpaired) electrons. The average Bonchev–Trinajstić information content (AvgIpc) is 2.82. The number of hydrogen-bond donors (Lipinski definition) is 2. The number of aromatic amines is 1. The second-order valence-corrected chi connectivity index (χ2v) is 4.20. The number of ether oxygens (including phenoxy) is 1. The van der Waals surface area contributed by atoms with Crippen LogP contribution in [0.25, 0.3) is 0 Å². The van der Waals surface area contributed by atoms with Crippen LogP contribution in [-0.2, 0) is 11.3 Å². The summed E-state index contributed by atoms with van der Waals surface area (Å²) in [4.78, 5) is 14.3. The average molecular weight is 238 g/mol. The van der Waals surface area contributed by atoms with Crippen molar-refractivity contribution in [2.75, 3.05) is 13.7 Å². The van der Waals surface area contributed by atoms with Crippen molar-refractivity contribution in [2.45, 2.75) is 33.2 Å². The van der Waals surface area contributed by atoms with Gasteiger partial charge in [-0.05, 0) is 24.6 Å². The standard InChI is InChI=1S/C13H22N2O2/c1-4-10(5-2)8-14-9-11-6-7-12(15-11)13(16)17-3/h6-7,10,14-15H,4-5,8-9H2,1-3H3.